The molecule has 2 amide bonds. The number of aromatic nitrogens is 1. The molecule has 0 radical (unpaired) electrons. The molecule has 0 saturated carbocycles. The maximum absolute atomic E-state index is 12.4. The van der Waals surface area contributed by atoms with Gasteiger partial charge in [-0.15, -0.1) is 11.8 Å². The summed E-state index contributed by atoms with van der Waals surface area (Å²) in [4.78, 5) is 16.8. The lowest BCUT2D eigenvalue weighted by molar-refractivity contribution is -0.268. The van der Waals surface area contributed by atoms with Gasteiger partial charge in [-0.1, -0.05) is 110 Å². The largest absolute Gasteiger partial charge is 0.392 e. The zero-order valence-corrected chi connectivity index (χ0v) is 27.1. The standard InChI is InChI=1S/C39H39N3O4S/c1-27-35(26-47-36-12-5-6-21-40-36)45-38(46-37(27)32-15-13-29(25-43)14-16-32)33-19-17-31(18-20-33)34-11-7-10-30(22-34)24-42-39(44)41-23-28-8-3-2-4-9-28/h2-22,27,35,37-38,43H,23-26H2,1H3,(H2,41,42,44)/t27-,35+,37+,38+/m1/s1. The van der Waals surface area contributed by atoms with E-state index < -0.39 is 6.29 Å². The van der Waals surface area contributed by atoms with Crippen molar-refractivity contribution >= 4 is 17.8 Å². The molecule has 47 heavy (non-hydrogen) atoms. The second-order valence-electron chi connectivity index (χ2n) is 11.6. The van der Waals surface area contributed by atoms with Gasteiger partial charge in [0.15, 0.2) is 6.29 Å². The molecule has 3 N–H and O–H groups in total. The maximum atomic E-state index is 12.4. The van der Waals surface area contributed by atoms with Crippen molar-refractivity contribution in [3.63, 3.8) is 0 Å². The van der Waals surface area contributed by atoms with Gasteiger partial charge in [-0.2, -0.15) is 0 Å². The molecule has 4 aromatic carbocycles. The van der Waals surface area contributed by atoms with Crippen molar-refractivity contribution in [1.29, 1.82) is 0 Å². The first-order chi connectivity index (χ1) is 23.1. The quantitative estimate of drug-likeness (QED) is 0.127. The average Bonchev–Trinajstić information content (AvgIpc) is 3.14. The van der Waals surface area contributed by atoms with Crippen LogP contribution in [0.15, 0.2) is 133 Å². The number of rotatable bonds is 11. The minimum absolute atomic E-state index is 0.00624. The Kier molecular flexibility index (Phi) is 11.0. The summed E-state index contributed by atoms with van der Waals surface area (Å²) in [7, 11) is 0. The molecule has 0 spiro atoms. The highest BCUT2D eigenvalue weighted by atomic mass is 32.2. The minimum atomic E-state index is -0.540. The van der Waals surface area contributed by atoms with Gasteiger partial charge >= 0.3 is 6.03 Å². The lowest BCUT2D eigenvalue weighted by atomic mass is 9.91. The summed E-state index contributed by atoms with van der Waals surface area (Å²) >= 11 is 1.68. The van der Waals surface area contributed by atoms with Crippen LogP contribution in [-0.4, -0.2) is 28.0 Å². The number of ether oxygens (including phenoxy) is 2. The van der Waals surface area contributed by atoms with Gasteiger partial charge in [0, 0.05) is 36.5 Å². The number of nitrogens with one attached hydrogen (secondary N) is 2. The Labute approximate surface area is 280 Å². The molecular formula is C39H39N3O4S. The fourth-order valence-electron chi connectivity index (χ4n) is 5.63. The SMILES string of the molecule is C[C@@H]1[C@H](CSc2ccccn2)O[C@H](c2ccc(-c3cccc(CNC(=O)NCc4ccccc4)c3)cc2)O[C@@H]1c1ccc(CO)cc1. The van der Waals surface area contributed by atoms with Crippen LogP contribution in [0.4, 0.5) is 4.79 Å². The van der Waals surface area contributed by atoms with Crippen molar-refractivity contribution in [2.75, 3.05) is 5.75 Å². The highest BCUT2D eigenvalue weighted by Gasteiger charge is 2.38. The van der Waals surface area contributed by atoms with E-state index in [4.69, 9.17) is 9.47 Å². The van der Waals surface area contributed by atoms with Crippen LogP contribution in [0.5, 0.6) is 0 Å². The molecule has 8 heteroatoms. The van der Waals surface area contributed by atoms with E-state index >= 15 is 0 Å². The number of thioether (sulfide) groups is 1. The van der Waals surface area contributed by atoms with Crippen LogP contribution in [0.2, 0.25) is 0 Å². The van der Waals surface area contributed by atoms with Crippen LogP contribution in [-0.2, 0) is 29.2 Å². The lowest BCUT2D eigenvalue weighted by Crippen LogP contribution is -2.38. The summed E-state index contributed by atoms with van der Waals surface area (Å²) in [6, 6.07) is 40.0. The van der Waals surface area contributed by atoms with Crippen molar-refractivity contribution in [3.8, 4) is 11.1 Å². The van der Waals surface area contributed by atoms with Crippen LogP contribution in [0.3, 0.4) is 0 Å². The van der Waals surface area contributed by atoms with Gasteiger partial charge in [-0.25, -0.2) is 9.78 Å². The van der Waals surface area contributed by atoms with Crippen molar-refractivity contribution in [3.05, 3.63) is 155 Å². The second-order valence-corrected chi connectivity index (χ2v) is 12.7. The zero-order chi connectivity index (χ0) is 32.4. The summed E-state index contributed by atoms with van der Waals surface area (Å²) in [5, 5.41) is 16.4. The van der Waals surface area contributed by atoms with Crippen LogP contribution in [0.25, 0.3) is 11.1 Å². The first kappa shape index (κ1) is 32.5. The van der Waals surface area contributed by atoms with Gasteiger partial charge in [0.2, 0.25) is 0 Å². The van der Waals surface area contributed by atoms with Crippen LogP contribution in [0.1, 0.15) is 47.1 Å². The van der Waals surface area contributed by atoms with Gasteiger partial charge in [-0.3, -0.25) is 0 Å². The first-order valence-electron chi connectivity index (χ1n) is 15.8. The molecule has 6 rings (SSSR count). The van der Waals surface area contributed by atoms with E-state index in [1.807, 2.05) is 91.1 Å². The number of benzene rings is 4. The predicted molar refractivity (Wildman–Crippen MR) is 185 cm³/mol. The van der Waals surface area contributed by atoms with Gasteiger partial charge in [0.05, 0.1) is 23.8 Å². The number of amides is 2. The van der Waals surface area contributed by atoms with Crippen LogP contribution in [0, 0.1) is 5.92 Å². The number of nitrogens with zero attached hydrogens (tertiary/aromatic N) is 1. The van der Waals surface area contributed by atoms with E-state index in [1.165, 1.54) is 0 Å². The summed E-state index contributed by atoms with van der Waals surface area (Å²) in [6.07, 6.45) is 1.02. The number of urea groups is 1. The lowest BCUT2D eigenvalue weighted by Gasteiger charge is -2.41. The Morgan fingerprint density at radius 1 is 0.745 bits per heavy atom. The molecule has 0 unspecified atom stereocenters. The number of aliphatic hydroxyl groups excluding tert-OH is 1. The van der Waals surface area contributed by atoms with E-state index in [0.29, 0.717) is 13.1 Å². The first-order valence-corrected chi connectivity index (χ1v) is 16.8. The highest BCUT2D eigenvalue weighted by Crippen LogP contribution is 2.43. The Balaban J connectivity index is 1.13. The van der Waals surface area contributed by atoms with Gasteiger partial charge in [-0.05, 0) is 51.6 Å². The molecule has 0 bridgehead atoms. The molecule has 0 aliphatic carbocycles. The van der Waals surface area contributed by atoms with E-state index in [2.05, 4.69) is 58.9 Å². The summed E-state index contributed by atoms with van der Waals surface area (Å²) in [6.45, 7) is 3.08. The monoisotopic (exact) mass is 645 g/mol. The van der Waals surface area contributed by atoms with Crippen molar-refractivity contribution in [2.24, 2.45) is 5.92 Å². The number of hydrogen-bond donors (Lipinski definition) is 3. The normalized spacial score (nSPS) is 19.2. The van der Waals surface area contributed by atoms with Crippen LogP contribution >= 0.6 is 11.8 Å². The molecule has 4 atom stereocenters. The van der Waals surface area contributed by atoms with Crippen molar-refractivity contribution in [2.45, 2.75) is 50.1 Å². The van der Waals surface area contributed by atoms with Crippen molar-refractivity contribution in [1.82, 2.24) is 15.6 Å². The molecule has 240 valence electrons. The highest BCUT2D eigenvalue weighted by molar-refractivity contribution is 7.99. The molecule has 2 heterocycles. The third-order valence-electron chi connectivity index (χ3n) is 8.35. The molecule has 1 saturated heterocycles. The molecule has 5 aromatic rings. The van der Waals surface area contributed by atoms with Gasteiger partial charge in [0.25, 0.3) is 0 Å². The summed E-state index contributed by atoms with van der Waals surface area (Å²) < 4.78 is 13.3. The molecule has 1 fully saturated rings. The fraction of sp³-hybridized carbons (Fsp3) is 0.231. The van der Waals surface area contributed by atoms with E-state index in [9.17, 15) is 9.90 Å². The smallest absolute Gasteiger partial charge is 0.315 e. The molecule has 7 nitrogen and oxygen atoms in total. The maximum Gasteiger partial charge on any atom is 0.315 e. The Bertz CT molecular complexity index is 1720. The number of pyridine rings is 1. The van der Waals surface area contributed by atoms with Crippen LogP contribution < -0.4 is 10.6 Å². The second kappa shape index (κ2) is 15.9. The number of hydrogen-bond acceptors (Lipinski definition) is 6. The Morgan fingerprint density at radius 3 is 2.17 bits per heavy atom. The topological polar surface area (TPSA) is 92.7 Å². The number of carbonyl (C=O) groups is 1. The molecular weight excluding hydrogens is 607 g/mol. The zero-order valence-electron chi connectivity index (χ0n) is 26.3. The molecule has 1 aliphatic heterocycles. The van der Waals surface area contributed by atoms with Gasteiger partial charge < -0.3 is 25.2 Å². The fourth-order valence-corrected chi connectivity index (χ4v) is 6.65. The Hall–Kier alpha value is -4.47. The minimum Gasteiger partial charge on any atom is -0.392 e. The third kappa shape index (κ3) is 8.67. The third-order valence-corrected chi connectivity index (χ3v) is 9.38. The number of aliphatic hydroxyl groups is 1. The predicted octanol–water partition coefficient (Wildman–Crippen LogP) is 7.82. The van der Waals surface area contributed by atoms with E-state index in [0.717, 1.165) is 49.7 Å². The summed E-state index contributed by atoms with van der Waals surface area (Å²) in [5.74, 6) is 0.838. The average molecular weight is 646 g/mol. The Morgan fingerprint density at radius 2 is 1.45 bits per heavy atom. The molecule has 1 aliphatic rings. The van der Waals surface area contributed by atoms with Gasteiger partial charge in [0.1, 0.15) is 0 Å². The van der Waals surface area contributed by atoms with E-state index in [-0.39, 0.29) is 30.8 Å². The molecule has 1 aromatic heterocycles. The summed E-state index contributed by atoms with van der Waals surface area (Å²) in [5.41, 5.74) is 7.06. The van der Waals surface area contributed by atoms with Crippen molar-refractivity contribution < 1.29 is 19.4 Å². The van der Waals surface area contributed by atoms with E-state index in [1.54, 1.807) is 11.8 Å². The number of carbonyl (C=O) groups excluding carboxylic acids is 1.